The Morgan fingerprint density at radius 2 is 2.22 bits per heavy atom. The molecule has 5 nitrogen and oxygen atoms in total. The molecule has 2 aliphatic rings. The van der Waals surface area contributed by atoms with Crippen LogP contribution in [0.4, 0.5) is 0 Å². The van der Waals surface area contributed by atoms with Crippen LogP contribution in [-0.2, 0) is 16.0 Å². The van der Waals surface area contributed by atoms with Crippen molar-refractivity contribution in [1.29, 1.82) is 0 Å². The fourth-order valence-electron chi connectivity index (χ4n) is 3.07. The van der Waals surface area contributed by atoms with Crippen molar-refractivity contribution in [2.24, 2.45) is 0 Å². The van der Waals surface area contributed by atoms with E-state index in [1.54, 1.807) is 7.11 Å². The minimum absolute atomic E-state index is 0.0622. The number of nitrogens with zero attached hydrogens (tertiary/aromatic N) is 1. The lowest BCUT2D eigenvalue weighted by molar-refractivity contribution is -0.120. The first-order valence-electron chi connectivity index (χ1n) is 8.38. The van der Waals surface area contributed by atoms with Gasteiger partial charge in [-0.05, 0) is 37.5 Å². The zero-order valence-corrected chi connectivity index (χ0v) is 13.9. The highest BCUT2D eigenvalue weighted by atomic mass is 16.5. The fourth-order valence-corrected chi connectivity index (χ4v) is 3.07. The summed E-state index contributed by atoms with van der Waals surface area (Å²) in [5, 5.41) is 0. The lowest BCUT2D eigenvalue weighted by Crippen LogP contribution is -2.27. The van der Waals surface area contributed by atoms with Gasteiger partial charge in [0, 0.05) is 38.2 Å². The number of ether oxygens (including phenoxy) is 3. The van der Waals surface area contributed by atoms with Crippen LogP contribution in [-0.4, -0.2) is 44.3 Å². The Balaban J connectivity index is 1.79. The zero-order chi connectivity index (χ0) is 16.2. The van der Waals surface area contributed by atoms with Crippen molar-refractivity contribution >= 4 is 6.41 Å². The van der Waals surface area contributed by atoms with E-state index in [-0.39, 0.29) is 6.04 Å². The van der Waals surface area contributed by atoms with Crippen molar-refractivity contribution in [1.82, 2.24) is 4.90 Å². The molecule has 1 aliphatic heterocycles. The molecule has 126 valence electrons. The molecule has 0 spiro atoms. The van der Waals surface area contributed by atoms with E-state index in [4.69, 9.17) is 14.2 Å². The average molecular weight is 319 g/mol. The molecular formula is C18H25NO4. The van der Waals surface area contributed by atoms with Gasteiger partial charge < -0.3 is 19.1 Å². The van der Waals surface area contributed by atoms with E-state index in [0.717, 1.165) is 49.2 Å². The Kier molecular flexibility index (Phi) is 5.06. The Morgan fingerprint density at radius 1 is 1.39 bits per heavy atom. The second-order valence-corrected chi connectivity index (χ2v) is 6.26. The van der Waals surface area contributed by atoms with E-state index in [0.29, 0.717) is 25.9 Å². The molecule has 0 saturated heterocycles. The SMILES string of the molecule is COCCCOc1cc(C(C)N(C=O)C2CC2)cc2c1OCC2. The summed E-state index contributed by atoms with van der Waals surface area (Å²) in [6, 6.07) is 4.65. The van der Waals surface area contributed by atoms with Crippen LogP contribution in [0.25, 0.3) is 0 Å². The van der Waals surface area contributed by atoms with Gasteiger partial charge in [-0.3, -0.25) is 4.79 Å². The van der Waals surface area contributed by atoms with E-state index >= 15 is 0 Å². The van der Waals surface area contributed by atoms with Crippen molar-refractivity contribution in [3.8, 4) is 11.5 Å². The number of rotatable bonds is 9. The van der Waals surface area contributed by atoms with Gasteiger partial charge >= 0.3 is 0 Å². The maximum absolute atomic E-state index is 11.4. The molecule has 23 heavy (non-hydrogen) atoms. The van der Waals surface area contributed by atoms with Gasteiger partial charge in [0.25, 0.3) is 0 Å². The van der Waals surface area contributed by atoms with Gasteiger partial charge in [0.15, 0.2) is 11.5 Å². The van der Waals surface area contributed by atoms with Crippen LogP contribution >= 0.6 is 0 Å². The first-order chi connectivity index (χ1) is 11.2. The van der Waals surface area contributed by atoms with Gasteiger partial charge in [-0.1, -0.05) is 0 Å². The lowest BCUT2D eigenvalue weighted by Gasteiger charge is -2.26. The Labute approximate surface area is 137 Å². The predicted octanol–water partition coefficient (Wildman–Crippen LogP) is 2.72. The number of methoxy groups -OCH3 is 1. The Bertz CT molecular complexity index is 556. The summed E-state index contributed by atoms with van der Waals surface area (Å²) in [6.45, 7) is 4.06. The number of hydrogen-bond acceptors (Lipinski definition) is 4. The third kappa shape index (κ3) is 3.61. The number of amides is 1. The molecule has 1 saturated carbocycles. The summed E-state index contributed by atoms with van der Waals surface area (Å²) in [5.74, 6) is 1.65. The first-order valence-corrected chi connectivity index (χ1v) is 8.38. The quantitative estimate of drug-likeness (QED) is 0.519. The third-order valence-electron chi connectivity index (χ3n) is 4.54. The average Bonchev–Trinajstić information content (AvgIpc) is 3.27. The smallest absolute Gasteiger partial charge is 0.210 e. The van der Waals surface area contributed by atoms with Crippen LogP contribution in [0.5, 0.6) is 11.5 Å². The van der Waals surface area contributed by atoms with Gasteiger partial charge in [0.2, 0.25) is 6.41 Å². The van der Waals surface area contributed by atoms with Gasteiger partial charge in [0.1, 0.15) is 0 Å². The van der Waals surface area contributed by atoms with Crippen LogP contribution < -0.4 is 9.47 Å². The molecule has 0 bridgehead atoms. The number of hydrogen-bond donors (Lipinski definition) is 0. The van der Waals surface area contributed by atoms with Crippen LogP contribution in [0.3, 0.4) is 0 Å². The summed E-state index contributed by atoms with van der Waals surface area (Å²) in [6.07, 6.45) is 4.93. The van der Waals surface area contributed by atoms with E-state index in [1.807, 2.05) is 11.0 Å². The maximum atomic E-state index is 11.4. The number of carbonyl (C=O) groups is 1. The summed E-state index contributed by atoms with van der Waals surface area (Å²) in [7, 11) is 1.69. The van der Waals surface area contributed by atoms with Gasteiger partial charge in [0.05, 0.1) is 19.3 Å². The van der Waals surface area contributed by atoms with E-state index < -0.39 is 0 Å². The topological polar surface area (TPSA) is 48.0 Å². The van der Waals surface area contributed by atoms with Crippen molar-refractivity contribution in [3.63, 3.8) is 0 Å². The third-order valence-corrected chi connectivity index (χ3v) is 4.54. The molecule has 1 unspecified atom stereocenters. The molecule has 0 N–H and O–H groups in total. The molecule has 1 aliphatic carbocycles. The molecule has 1 heterocycles. The highest BCUT2D eigenvalue weighted by Gasteiger charge is 2.32. The van der Waals surface area contributed by atoms with E-state index in [9.17, 15) is 4.79 Å². The molecule has 1 amide bonds. The molecule has 1 aromatic carbocycles. The molecule has 0 radical (unpaired) electrons. The highest BCUT2D eigenvalue weighted by Crippen LogP contribution is 2.41. The second kappa shape index (κ2) is 7.21. The largest absolute Gasteiger partial charge is 0.490 e. The molecule has 1 atom stereocenters. The van der Waals surface area contributed by atoms with Crippen molar-refractivity contribution in [2.75, 3.05) is 26.9 Å². The monoisotopic (exact) mass is 319 g/mol. The minimum atomic E-state index is 0.0622. The van der Waals surface area contributed by atoms with Crippen LogP contribution in [0.1, 0.15) is 43.4 Å². The normalized spacial score (nSPS) is 17.3. The second-order valence-electron chi connectivity index (χ2n) is 6.26. The molecule has 1 aromatic rings. The molecule has 5 heteroatoms. The molecular weight excluding hydrogens is 294 g/mol. The van der Waals surface area contributed by atoms with E-state index in [2.05, 4.69) is 13.0 Å². The van der Waals surface area contributed by atoms with Crippen LogP contribution in [0.15, 0.2) is 12.1 Å². The summed E-state index contributed by atoms with van der Waals surface area (Å²) < 4.78 is 16.7. The lowest BCUT2D eigenvalue weighted by atomic mass is 10.0. The highest BCUT2D eigenvalue weighted by molar-refractivity contribution is 5.55. The van der Waals surface area contributed by atoms with Gasteiger partial charge in [-0.25, -0.2) is 0 Å². The van der Waals surface area contributed by atoms with E-state index in [1.165, 1.54) is 5.56 Å². The van der Waals surface area contributed by atoms with Crippen molar-refractivity contribution in [2.45, 2.75) is 44.7 Å². The zero-order valence-electron chi connectivity index (χ0n) is 13.9. The van der Waals surface area contributed by atoms with Gasteiger partial charge in [-0.15, -0.1) is 0 Å². The summed E-state index contributed by atoms with van der Waals surface area (Å²) in [5.41, 5.74) is 2.30. The fraction of sp³-hybridized carbons (Fsp3) is 0.611. The predicted molar refractivity (Wildman–Crippen MR) is 87.0 cm³/mol. The maximum Gasteiger partial charge on any atom is 0.210 e. The van der Waals surface area contributed by atoms with Gasteiger partial charge in [-0.2, -0.15) is 0 Å². The molecule has 0 aromatic heterocycles. The summed E-state index contributed by atoms with van der Waals surface area (Å²) >= 11 is 0. The molecule has 1 fully saturated rings. The first kappa shape index (κ1) is 16.1. The minimum Gasteiger partial charge on any atom is -0.490 e. The Morgan fingerprint density at radius 3 is 2.91 bits per heavy atom. The number of carbonyl (C=O) groups excluding carboxylic acids is 1. The number of benzene rings is 1. The standard InChI is InChI=1S/C18H25NO4/c1-13(19(12-20)16-4-5-16)15-10-14-6-9-23-18(14)17(11-15)22-8-3-7-21-2/h10-13,16H,3-9H2,1-2H3. The Hall–Kier alpha value is -1.75. The van der Waals surface area contributed by atoms with Crippen molar-refractivity contribution in [3.05, 3.63) is 23.3 Å². The van der Waals surface area contributed by atoms with Crippen LogP contribution in [0, 0.1) is 0 Å². The van der Waals surface area contributed by atoms with Crippen LogP contribution in [0.2, 0.25) is 0 Å². The van der Waals surface area contributed by atoms with Crippen molar-refractivity contribution < 1.29 is 19.0 Å². The number of fused-ring (bicyclic) bond motifs is 1. The molecule has 3 rings (SSSR count). The summed E-state index contributed by atoms with van der Waals surface area (Å²) in [4.78, 5) is 13.3.